The molecule has 0 aliphatic carbocycles. The number of aromatic nitrogens is 3. The van der Waals surface area contributed by atoms with Crippen molar-refractivity contribution in [2.24, 2.45) is 0 Å². The summed E-state index contributed by atoms with van der Waals surface area (Å²) in [5, 5.41) is 7.20. The lowest BCUT2D eigenvalue weighted by atomic mass is 10.2. The van der Waals surface area contributed by atoms with E-state index in [0.717, 1.165) is 23.0 Å². The number of nitrogens with zero attached hydrogens (tertiary/aromatic N) is 2. The predicted octanol–water partition coefficient (Wildman–Crippen LogP) is 3.40. The maximum atomic E-state index is 5.72. The highest BCUT2D eigenvalue weighted by molar-refractivity contribution is 5.53. The van der Waals surface area contributed by atoms with Crippen LogP contribution in [0.5, 0.6) is 5.75 Å². The van der Waals surface area contributed by atoms with E-state index >= 15 is 0 Å². The lowest BCUT2D eigenvalue weighted by molar-refractivity contribution is 0.319. The predicted molar refractivity (Wildman–Crippen MR) is 82.2 cm³/mol. The summed E-state index contributed by atoms with van der Waals surface area (Å²) >= 11 is 0. The van der Waals surface area contributed by atoms with E-state index in [0.29, 0.717) is 13.0 Å². The molecule has 4 heteroatoms. The van der Waals surface area contributed by atoms with Crippen molar-refractivity contribution >= 4 is 0 Å². The van der Waals surface area contributed by atoms with E-state index in [1.165, 1.54) is 5.56 Å². The second kappa shape index (κ2) is 6.22. The first-order valence-corrected chi connectivity index (χ1v) is 6.97. The Labute approximate surface area is 123 Å². The minimum Gasteiger partial charge on any atom is -0.493 e. The molecular weight excluding hydrogens is 262 g/mol. The Bertz CT molecular complexity index is 707. The first kappa shape index (κ1) is 13.4. The van der Waals surface area contributed by atoms with Crippen LogP contribution in [0.25, 0.3) is 11.4 Å². The number of H-pyrrole nitrogens is 1. The van der Waals surface area contributed by atoms with Crippen molar-refractivity contribution in [1.29, 1.82) is 0 Å². The molecule has 3 aromatic rings. The number of hydrogen-bond donors (Lipinski definition) is 1. The summed E-state index contributed by atoms with van der Waals surface area (Å²) in [5.74, 6) is 2.44. The molecule has 1 aromatic heterocycles. The largest absolute Gasteiger partial charge is 0.493 e. The van der Waals surface area contributed by atoms with Gasteiger partial charge in [-0.15, -0.1) is 0 Å². The minimum absolute atomic E-state index is 0.576. The van der Waals surface area contributed by atoms with E-state index in [1.54, 1.807) is 0 Å². The van der Waals surface area contributed by atoms with Gasteiger partial charge in [0.05, 0.1) is 6.61 Å². The Balaban J connectivity index is 1.58. The van der Waals surface area contributed by atoms with Gasteiger partial charge in [-0.05, 0) is 24.6 Å². The van der Waals surface area contributed by atoms with Crippen molar-refractivity contribution in [3.05, 3.63) is 66.0 Å². The topological polar surface area (TPSA) is 50.8 Å². The molecule has 0 unspecified atom stereocenters. The summed E-state index contributed by atoms with van der Waals surface area (Å²) in [6.07, 6.45) is 0.702. The van der Waals surface area contributed by atoms with Crippen molar-refractivity contribution < 1.29 is 4.74 Å². The van der Waals surface area contributed by atoms with E-state index < -0.39 is 0 Å². The van der Waals surface area contributed by atoms with Gasteiger partial charge in [0.25, 0.3) is 0 Å². The van der Waals surface area contributed by atoms with Gasteiger partial charge < -0.3 is 4.74 Å². The average Bonchev–Trinajstić information content (AvgIpc) is 2.97. The number of hydrogen-bond acceptors (Lipinski definition) is 3. The Morgan fingerprint density at radius 3 is 2.71 bits per heavy atom. The molecule has 0 amide bonds. The van der Waals surface area contributed by atoms with Gasteiger partial charge in [0.2, 0.25) is 0 Å². The molecule has 0 saturated heterocycles. The lowest BCUT2D eigenvalue weighted by Crippen LogP contribution is -2.02. The van der Waals surface area contributed by atoms with Crippen LogP contribution in [0.2, 0.25) is 0 Å². The highest BCUT2D eigenvalue weighted by Crippen LogP contribution is 2.14. The highest BCUT2D eigenvalue weighted by atomic mass is 16.5. The average molecular weight is 279 g/mol. The Kier molecular flexibility index (Phi) is 3.96. The summed E-state index contributed by atoms with van der Waals surface area (Å²) in [7, 11) is 0. The number of rotatable bonds is 5. The number of ether oxygens (including phenoxy) is 1. The molecule has 21 heavy (non-hydrogen) atoms. The van der Waals surface area contributed by atoms with E-state index in [4.69, 9.17) is 4.74 Å². The van der Waals surface area contributed by atoms with Crippen molar-refractivity contribution in [3.8, 4) is 17.1 Å². The molecule has 0 radical (unpaired) electrons. The molecule has 3 rings (SSSR count). The third-order valence-corrected chi connectivity index (χ3v) is 3.16. The normalized spacial score (nSPS) is 10.5. The van der Waals surface area contributed by atoms with Crippen LogP contribution in [0.3, 0.4) is 0 Å². The molecule has 1 N–H and O–H groups in total. The van der Waals surface area contributed by atoms with Gasteiger partial charge in [-0.25, -0.2) is 4.98 Å². The molecule has 0 atom stereocenters. The Morgan fingerprint density at radius 1 is 1.05 bits per heavy atom. The van der Waals surface area contributed by atoms with Crippen LogP contribution < -0.4 is 4.74 Å². The molecule has 2 aromatic carbocycles. The fraction of sp³-hybridized carbons (Fsp3) is 0.176. The smallest absolute Gasteiger partial charge is 0.181 e. The van der Waals surface area contributed by atoms with Gasteiger partial charge in [-0.1, -0.05) is 42.5 Å². The number of aryl methyl sites for hydroxylation is 1. The lowest BCUT2D eigenvalue weighted by Gasteiger charge is -2.05. The van der Waals surface area contributed by atoms with Crippen molar-refractivity contribution in [1.82, 2.24) is 15.2 Å². The van der Waals surface area contributed by atoms with Crippen LogP contribution in [-0.4, -0.2) is 21.8 Å². The minimum atomic E-state index is 0.576. The maximum Gasteiger partial charge on any atom is 0.181 e. The van der Waals surface area contributed by atoms with Crippen LogP contribution in [0.4, 0.5) is 0 Å². The monoisotopic (exact) mass is 279 g/mol. The summed E-state index contributed by atoms with van der Waals surface area (Å²) < 4.78 is 5.72. The molecular formula is C17H17N3O. The molecule has 0 spiro atoms. The van der Waals surface area contributed by atoms with Gasteiger partial charge in [0, 0.05) is 12.0 Å². The summed E-state index contributed by atoms with van der Waals surface area (Å²) in [6.45, 7) is 2.63. The van der Waals surface area contributed by atoms with Gasteiger partial charge in [-0.3, -0.25) is 5.10 Å². The molecule has 4 nitrogen and oxygen atoms in total. The van der Waals surface area contributed by atoms with Crippen LogP contribution in [0.15, 0.2) is 54.6 Å². The van der Waals surface area contributed by atoms with Crippen LogP contribution in [-0.2, 0) is 6.42 Å². The fourth-order valence-corrected chi connectivity index (χ4v) is 2.09. The van der Waals surface area contributed by atoms with E-state index in [2.05, 4.69) is 28.2 Å². The fourth-order valence-electron chi connectivity index (χ4n) is 2.09. The second-order valence-electron chi connectivity index (χ2n) is 4.89. The Hall–Kier alpha value is -2.62. The van der Waals surface area contributed by atoms with Crippen LogP contribution in [0, 0.1) is 6.92 Å². The zero-order valence-corrected chi connectivity index (χ0v) is 11.9. The van der Waals surface area contributed by atoms with Crippen molar-refractivity contribution in [3.63, 3.8) is 0 Å². The summed E-state index contributed by atoms with van der Waals surface area (Å²) in [4.78, 5) is 4.48. The highest BCUT2D eigenvalue weighted by Gasteiger charge is 2.05. The third-order valence-electron chi connectivity index (χ3n) is 3.16. The molecule has 0 aliphatic rings. The molecule has 1 heterocycles. The zero-order valence-electron chi connectivity index (χ0n) is 11.9. The second-order valence-corrected chi connectivity index (χ2v) is 4.89. The van der Waals surface area contributed by atoms with Gasteiger partial charge in [0.1, 0.15) is 11.6 Å². The van der Waals surface area contributed by atoms with E-state index in [1.807, 2.05) is 48.5 Å². The van der Waals surface area contributed by atoms with Gasteiger partial charge >= 0.3 is 0 Å². The molecule has 0 fully saturated rings. The first-order valence-electron chi connectivity index (χ1n) is 6.97. The maximum absolute atomic E-state index is 5.72. The Morgan fingerprint density at radius 2 is 1.90 bits per heavy atom. The zero-order chi connectivity index (χ0) is 14.5. The van der Waals surface area contributed by atoms with Crippen LogP contribution in [0.1, 0.15) is 11.4 Å². The number of aromatic amines is 1. The quantitative estimate of drug-likeness (QED) is 0.778. The first-order chi connectivity index (χ1) is 10.3. The van der Waals surface area contributed by atoms with Gasteiger partial charge in [-0.2, -0.15) is 5.10 Å². The van der Waals surface area contributed by atoms with E-state index in [-0.39, 0.29) is 0 Å². The number of nitrogens with one attached hydrogen (secondary N) is 1. The molecule has 106 valence electrons. The van der Waals surface area contributed by atoms with E-state index in [9.17, 15) is 0 Å². The molecule has 0 saturated carbocycles. The molecule has 0 aliphatic heterocycles. The van der Waals surface area contributed by atoms with Crippen molar-refractivity contribution in [2.75, 3.05) is 6.61 Å². The standard InChI is InChI=1S/C17H17N3O/c1-13-6-5-9-15(12-13)21-11-10-16-18-17(20-19-16)14-7-3-2-4-8-14/h2-9,12H,10-11H2,1H3,(H,18,19,20). The summed E-state index contributed by atoms with van der Waals surface area (Å²) in [6, 6.07) is 18.0. The van der Waals surface area contributed by atoms with Gasteiger partial charge in [0.15, 0.2) is 5.82 Å². The van der Waals surface area contributed by atoms with Crippen LogP contribution >= 0.6 is 0 Å². The SMILES string of the molecule is Cc1cccc(OCCc2nc(-c3ccccc3)n[nH]2)c1. The third kappa shape index (κ3) is 3.48. The summed E-state index contributed by atoms with van der Waals surface area (Å²) in [5.41, 5.74) is 2.21. The van der Waals surface area contributed by atoms with Crippen molar-refractivity contribution in [2.45, 2.75) is 13.3 Å². The number of benzene rings is 2. The molecule has 0 bridgehead atoms.